The van der Waals surface area contributed by atoms with Crippen molar-refractivity contribution in [3.05, 3.63) is 56.0 Å². The van der Waals surface area contributed by atoms with E-state index >= 15 is 0 Å². The van der Waals surface area contributed by atoms with Gasteiger partial charge in [0.15, 0.2) is 11.5 Å². The molecule has 0 saturated carbocycles. The van der Waals surface area contributed by atoms with E-state index in [9.17, 15) is 0 Å². The number of hydrogen-bond acceptors (Lipinski definition) is 4. The molecule has 2 aromatic carbocycles. The van der Waals surface area contributed by atoms with Crippen LogP contribution in [0.25, 0.3) is 0 Å². The van der Waals surface area contributed by atoms with E-state index in [1.165, 1.54) is 0 Å². The van der Waals surface area contributed by atoms with Crippen molar-refractivity contribution in [3.63, 3.8) is 0 Å². The maximum absolute atomic E-state index is 6.12. The van der Waals surface area contributed by atoms with Crippen molar-refractivity contribution in [1.29, 1.82) is 0 Å². The molecule has 0 aliphatic carbocycles. The van der Waals surface area contributed by atoms with E-state index in [1.807, 2.05) is 24.3 Å². The lowest BCUT2D eigenvalue weighted by molar-refractivity contribution is 0.110. The molecule has 1 N–H and O–H groups in total. The highest BCUT2D eigenvalue weighted by atomic mass is 79.9. The van der Waals surface area contributed by atoms with Crippen LogP contribution < -0.4 is 14.8 Å². The summed E-state index contributed by atoms with van der Waals surface area (Å²) in [6, 6.07) is 9.33. The Bertz CT molecular complexity index is 782. The Hall–Kier alpha value is -0.980. The summed E-state index contributed by atoms with van der Waals surface area (Å²) in [4.78, 5) is 0. The minimum atomic E-state index is 0.287. The summed E-state index contributed by atoms with van der Waals surface area (Å²) in [7, 11) is 1.64. The van der Waals surface area contributed by atoms with E-state index in [2.05, 4.69) is 21.2 Å². The van der Waals surface area contributed by atoms with Gasteiger partial charge in [-0.2, -0.15) is 0 Å². The molecule has 1 aliphatic heterocycles. The predicted molar refractivity (Wildman–Crippen MR) is 112 cm³/mol. The van der Waals surface area contributed by atoms with Gasteiger partial charge in [-0.05, 0) is 42.7 Å². The molecule has 0 spiro atoms. The SMILES string of the molecule is COc1ccc(Br)c(CNCC2CCCO2)c1OCc1ccc(Cl)c(Cl)c1. The van der Waals surface area contributed by atoms with Gasteiger partial charge in [0.1, 0.15) is 6.61 Å². The fourth-order valence-electron chi connectivity index (χ4n) is 3.01. The van der Waals surface area contributed by atoms with Crippen molar-refractivity contribution in [3.8, 4) is 11.5 Å². The van der Waals surface area contributed by atoms with Gasteiger partial charge < -0.3 is 19.5 Å². The van der Waals surface area contributed by atoms with Crippen LogP contribution >= 0.6 is 39.1 Å². The Morgan fingerprint density at radius 2 is 2.07 bits per heavy atom. The molecule has 2 aromatic rings. The van der Waals surface area contributed by atoms with Gasteiger partial charge in [0.25, 0.3) is 0 Å². The third-order valence-corrected chi connectivity index (χ3v) is 5.93. The van der Waals surface area contributed by atoms with Crippen molar-refractivity contribution in [2.45, 2.75) is 32.1 Å². The number of ether oxygens (including phenoxy) is 3. The second-order valence-corrected chi connectivity index (χ2v) is 8.03. The molecule has 1 saturated heterocycles. The van der Waals surface area contributed by atoms with Gasteiger partial charge in [-0.1, -0.05) is 45.2 Å². The molecule has 1 unspecified atom stereocenters. The summed E-state index contributed by atoms with van der Waals surface area (Å²) in [5.74, 6) is 1.39. The van der Waals surface area contributed by atoms with Crippen LogP contribution in [0.4, 0.5) is 0 Å². The first-order valence-electron chi connectivity index (χ1n) is 8.83. The van der Waals surface area contributed by atoms with Crippen molar-refractivity contribution in [2.24, 2.45) is 0 Å². The molecule has 0 radical (unpaired) electrons. The molecule has 4 nitrogen and oxygen atoms in total. The molecule has 1 heterocycles. The molecule has 3 rings (SSSR count). The largest absolute Gasteiger partial charge is 0.493 e. The minimum Gasteiger partial charge on any atom is -0.493 e. The van der Waals surface area contributed by atoms with Crippen LogP contribution in [0.5, 0.6) is 11.5 Å². The van der Waals surface area contributed by atoms with Crippen LogP contribution in [0.1, 0.15) is 24.0 Å². The van der Waals surface area contributed by atoms with Gasteiger partial charge in [0.05, 0.1) is 23.3 Å². The lowest BCUT2D eigenvalue weighted by Crippen LogP contribution is -2.26. The quantitative estimate of drug-likeness (QED) is 0.539. The highest BCUT2D eigenvalue weighted by Gasteiger charge is 2.18. The first kappa shape index (κ1) is 20.7. The average molecular weight is 475 g/mol. The number of halogens is 3. The second kappa shape index (κ2) is 9.99. The smallest absolute Gasteiger partial charge is 0.167 e. The number of rotatable bonds is 8. The maximum atomic E-state index is 6.12. The minimum absolute atomic E-state index is 0.287. The Morgan fingerprint density at radius 1 is 1.22 bits per heavy atom. The van der Waals surface area contributed by atoms with E-state index < -0.39 is 0 Å². The molecule has 0 amide bonds. The standard InChI is InChI=1S/C20H22BrCl2NO3/c1-25-19-7-5-16(21)15(11-24-10-14-3-2-8-26-14)20(19)27-12-13-4-6-17(22)18(23)9-13/h4-7,9,14,24H,2-3,8,10-12H2,1H3. The van der Waals surface area contributed by atoms with Gasteiger partial charge in [0.2, 0.25) is 0 Å². The molecule has 27 heavy (non-hydrogen) atoms. The molecule has 1 atom stereocenters. The average Bonchev–Trinajstić information content (AvgIpc) is 3.18. The number of benzene rings is 2. The first-order valence-corrected chi connectivity index (χ1v) is 10.4. The summed E-state index contributed by atoms with van der Waals surface area (Å²) in [6.07, 6.45) is 2.52. The molecule has 7 heteroatoms. The van der Waals surface area contributed by atoms with Gasteiger partial charge in [-0.25, -0.2) is 0 Å². The van der Waals surface area contributed by atoms with Crippen molar-refractivity contribution in [1.82, 2.24) is 5.32 Å². The summed E-state index contributed by atoms with van der Waals surface area (Å²) >= 11 is 15.7. The van der Waals surface area contributed by atoms with Crippen molar-refractivity contribution in [2.75, 3.05) is 20.3 Å². The fraction of sp³-hybridized carbons (Fsp3) is 0.400. The molecule has 1 fully saturated rings. The van der Waals surface area contributed by atoms with E-state index in [4.69, 9.17) is 37.4 Å². The van der Waals surface area contributed by atoms with Crippen LogP contribution in [0.2, 0.25) is 10.0 Å². The third-order valence-electron chi connectivity index (χ3n) is 4.45. The Balaban J connectivity index is 1.72. The third kappa shape index (κ3) is 5.52. The van der Waals surface area contributed by atoms with Gasteiger partial charge in [-0.3, -0.25) is 0 Å². The van der Waals surface area contributed by atoms with Crippen LogP contribution in [0.3, 0.4) is 0 Å². The summed E-state index contributed by atoms with van der Waals surface area (Å²) < 4.78 is 18.3. The zero-order valence-corrected chi connectivity index (χ0v) is 18.2. The van der Waals surface area contributed by atoms with Gasteiger partial charge >= 0.3 is 0 Å². The molecular weight excluding hydrogens is 453 g/mol. The molecule has 0 aromatic heterocycles. The first-order chi connectivity index (χ1) is 13.1. The zero-order chi connectivity index (χ0) is 19.2. The summed E-state index contributed by atoms with van der Waals surface area (Å²) in [6.45, 7) is 2.68. The van der Waals surface area contributed by atoms with Crippen molar-refractivity contribution >= 4 is 39.1 Å². The maximum Gasteiger partial charge on any atom is 0.167 e. The van der Waals surface area contributed by atoms with Crippen molar-refractivity contribution < 1.29 is 14.2 Å². The normalized spacial score (nSPS) is 16.5. The van der Waals surface area contributed by atoms with Gasteiger partial charge in [-0.15, -0.1) is 0 Å². The van der Waals surface area contributed by atoms with Crippen LogP contribution in [0, 0.1) is 0 Å². The molecule has 1 aliphatic rings. The van der Waals surface area contributed by atoms with Crippen LogP contribution in [0.15, 0.2) is 34.8 Å². The number of hydrogen-bond donors (Lipinski definition) is 1. The Morgan fingerprint density at radius 3 is 2.78 bits per heavy atom. The Kier molecular flexibility index (Phi) is 7.67. The van der Waals surface area contributed by atoms with E-state index in [0.29, 0.717) is 34.7 Å². The summed E-state index contributed by atoms with van der Waals surface area (Å²) in [5.41, 5.74) is 1.94. The molecular formula is C20H22BrCl2NO3. The summed E-state index contributed by atoms with van der Waals surface area (Å²) in [5, 5.41) is 4.50. The lowest BCUT2D eigenvalue weighted by atomic mass is 10.1. The van der Waals surface area contributed by atoms with Crippen LogP contribution in [-0.2, 0) is 17.9 Å². The lowest BCUT2D eigenvalue weighted by Gasteiger charge is -2.18. The van der Waals surface area contributed by atoms with Gasteiger partial charge in [0, 0.05) is 29.7 Å². The van der Waals surface area contributed by atoms with Crippen LogP contribution in [-0.4, -0.2) is 26.4 Å². The van der Waals surface area contributed by atoms with E-state index in [0.717, 1.165) is 41.6 Å². The molecule has 146 valence electrons. The topological polar surface area (TPSA) is 39.7 Å². The number of nitrogens with one attached hydrogen (secondary N) is 1. The second-order valence-electron chi connectivity index (χ2n) is 6.36. The Labute approximate surface area is 178 Å². The van der Waals surface area contributed by atoms with E-state index in [1.54, 1.807) is 13.2 Å². The predicted octanol–water partition coefficient (Wildman–Crippen LogP) is 5.61. The highest BCUT2D eigenvalue weighted by Crippen LogP contribution is 2.37. The molecule has 0 bridgehead atoms. The monoisotopic (exact) mass is 473 g/mol. The zero-order valence-electron chi connectivity index (χ0n) is 15.1. The highest BCUT2D eigenvalue weighted by molar-refractivity contribution is 9.10. The fourth-order valence-corrected chi connectivity index (χ4v) is 3.79. The van der Waals surface area contributed by atoms with E-state index in [-0.39, 0.29) is 6.10 Å². The number of methoxy groups -OCH3 is 1.